The maximum atomic E-state index is 13.5. The molecule has 0 aliphatic carbocycles. The first-order chi connectivity index (χ1) is 8.49. The fraction of sp³-hybridized carbons (Fsp3) is 0.500. The third kappa shape index (κ3) is 3.60. The van der Waals surface area contributed by atoms with Crippen LogP contribution in [0.4, 0.5) is 8.78 Å². The largest absolute Gasteiger partial charge is 0.303 e. The van der Waals surface area contributed by atoms with Gasteiger partial charge in [0.15, 0.2) is 5.78 Å². The molecule has 0 heterocycles. The van der Waals surface area contributed by atoms with E-state index >= 15 is 0 Å². The Morgan fingerprint density at radius 1 is 1.28 bits per heavy atom. The molecule has 0 fully saturated rings. The molecule has 1 rings (SSSR count). The predicted molar refractivity (Wildman–Crippen MR) is 67.6 cm³/mol. The minimum Gasteiger partial charge on any atom is -0.303 e. The molecule has 0 spiro atoms. The molecule has 0 aliphatic heterocycles. The van der Waals surface area contributed by atoms with E-state index in [4.69, 9.17) is 0 Å². The molecule has 0 amide bonds. The molecule has 0 N–H and O–H groups in total. The van der Waals surface area contributed by atoms with E-state index in [9.17, 15) is 13.6 Å². The van der Waals surface area contributed by atoms with Crippen molar-refractivity contribution in [2.45, 2.75) is 20.8 Å². The van der Waals surface area contributed by atoms with Crippen molar-refractivity contribution >= 4 is 5.78 Å². The van der Waals surface area contributed by atoms with Gasteiger partial charge in [-0.25, -0.2) is 8.78 Å². The zero-order chi connectivity index (χ0) is 13.7. The number of benzene rings is 1. The van der Waals surface area contributed by atoms with E-state index in [0.29, 0.717) is 6.54 Å². The second-order valence-electron chi connectivity index (χ2n) is 4.38. The number of ketones is 1. The summed E-state index contributed by atoms with van der Waals surface area (Å²) in [6, 6.07) is 2.98. The topological polar surface area (TPSA) is 20.3 Å². The fourth-order valence-corrected chi connectivity index (χ4v) is 1.90. The zero-order valence-corrected chi connectivity index (χ0v) is 11.0. The number of halogens is 2. The molecule has 1 unspecified atom stereocenters. The lowest BCUT2D eigenvalue weighted by molar-refractivity contribution is 0.0893. The van der Waals surface area contributed by atoms with Crippen molar-refractivity contribution in [2.75, 3.05) is 19.6 Å². The molecule has 0 aromatic heterocycles. The number of hydrogen-bond acceptors (Lipinski definition) is 2. The molecule has 2 nitrogen and oxygen atoms in total. The van der Waals surface area contributed by atoms with Crippen LogP contribution in [0.2, 0.25) is 0 Å². The Kier molecular flexibility index (Phi) is 5.41. The lowest BCUT2D eigenvalue weighted by atomic mass is 9.98. The van der Waals surface area contributed by atoms with Gasteiger partial charge in [0, 0.05) is 12.5 Å². The van der Waals surface area contributed by atoms with Gasteiger partial charge in [-0.3, -0.25) is 4.79 Å². The van der Waals surface area contributed by atoms with Crippen LogP contribution < -0.4 is 0 Å². The molecule has 0 radical (unpaired) electrons. The summed E-state index contributed by atoms with van der Waals surface area (Å²) in [4.78, 5) is 14.1. The third-order valence-corrected chi connectivity index (χ3v) is 3.07. The van der Waals surface area contributed by atoms with E-state index in [0.717, 1.165) is 31.3 Å². The van der Waals surface area contributed by atoms with Crippen LogP contribution in [-0.2, 0) is 0 Å². The first kappa shape index (κ1) is 14.8. The molecule has 1 atom stereocenters. The average Bonchev–Trinajstić information content (AvgIpc) is 2.37. The Morgan fingerprint density at radius 3 is 2.44 bits per heavy atom. The Hall–Kier alpha value is -1.29. The Balaban J connectivity index is 2.83. The number of hydrogen-bond donors (Lipinski definition) is 0. The van der Waals surface area contributed by atoms with Gasteiger partial charge in [-0.15, -0.1) is 0 Å². The van der Waals surface area contributed by atoms with Crippen LogP contribution in [-0.4, -0.2) is 30.3 Å². The molecule has 0 aliphatic rings. The molecule has 0 bridgehead atoms. The highest BCUT2D eigenvalue weighted by molar-refractivity contribution is 5.98. The van der Waals surface area contributed by atoms with E-state index in [2.05, 4.69) is 4.90 Å². The van der Waals surface area contributed by atoms with Gasteiger partial charge in [0.25, 0.3) is 0 Å². The fourth-order valence-electron chi connectivity index (χ4n) is 1.90. The highest BCUT2D eigenvalue weighted by atomic mass is 19.1. The van der Waals surface area contributed by atoms with E-state index in [1.54, 1.807) is 6.92 Å². The highest BCUT2D eigenvalue weighted by Gasteiger charge is 2.20. The minimum absolute atomic E-state index is 0.158. The minimum atomic E-state index is -0.659. The van der Waals surface area contributed by atoms with Crippen LogP contribution in [0, 0.1) is 17.6 Å². The summed E-state index contributed by atoms with van der Waals surface area (Å²) in [7, 11) is 0. The second-order valence-corrected chi connectivity index (χ2v) is 4.38. The maximum Gasteiger partial charge on any atom is 0.169 e. The van der Waals surface area contributed by atoms with Crippen molar-refractivity contribution in [1.82, 2.24) is 4.90 Å². The van der Waals surface area contributed by atoms with Crippen molar-refractivity contribution in [1.29, 1.82) is 0 Å². The van der Waals surface area contributed by atoms with Crippen molar-refractivity contribution < 1.29 is 13.6 Å². The normalized spacial score (nSPS) is 12.8. The molecule has 1 aromatic carbocycles. The quantitative estimate of drug-likeness (QED) is 0.728. The van der Waals surface area contributed by atoms with Gasteiger partial charge < -0.3 is 4.90 Å². The molecule has 0 saturated carbocycles. The van der Waals surface area contributed by atoms with Gasteiger partial charge in [0.05, 0.1) is 5.56 Å². The second kappa shape index (κ2) is 6.59. The van der Waals surface area contributed by atoms with E-state index in [1.165, 1.54) is 0 Å². The summed E-state index contributed by atoms with van der Waals surface area (Å²) in [5, 5.41) is 0. The lowest BCUT2D eigenvalue weighted by Gasteiger charge is -2.22. The summed E-state index contributed by atoms with van der Waals surface area (Å²) in [6.07, 6.45) is 0. The van der Waals surface area contributed by atoms with Gasteiger partial charge >= 0.3 is 0 Å². The number of nitrogens with zero attached hydrogens (tertiary/aromatic N) is 1. The summed E-state index contributed by atoms with van der Waals surface area (Å²) in [6.45, 7) is 7.97. The maximum absolute atomic E-state index is 13.5. The van der Waals surface area contributed by atoms with Crippen LogP contribution in [0.25, 0.3) is 0 Å². The van der Waals surface area contributed by atoms with Crippen molar-refractivity contribution in [3.63, 3.8) is 0 Å². The van der Waals surface area contributed by atoms with Crippen molar-refractivity contribution in [3.05, 3.63) is 35.4 Å². The highest BCUT2D eigenvalue weighted by Crippen LogP contribution is 2.15. The number of carbonyl (C=O) groups is 1. The standard InChI is InChI=1S/C14H19F2NO/c1-4-17(5-2)9-10(3)14(18)12-8-11(15)6-7-13(12)16/h6-8,10H,4-5,9H2,1-3H3. The zero-order valence-electron chi connectivity index (χ0n) is 11.0. The first-order valence-corrected chi connectivity index (χ1v) is 6.21. The third-order valence-electron chi connectivity index (χ3n) is 3.07. The first-order valence-electron chi connectivity index (χ1n) is 6.21. The van der Waals surface area contributed by atoms with Crippen LogP contribution in [0.15, 0.2) is 18.2 Å². The SMILES string of the molecule is CCN(CC)CC(C)C(=O)c1cc(F)ccc1F. The Bertz CT molecular complexity index is 416. The summed E-state index contributed by atoms with van der Waals surface area (Å²) in [5.41, 5.74) is -0.158. The average molecular weight is 255 g/mol. The van der Waals surface area contributed by atoms with Crippen molar-refractivity contribution in [2.24, 2.45) is 5.92 Å². The lowest BCUT2D eigenvalue weighted by Crippen LogP contribution is -2.32. The molecular weight excluding hydrogens is 236 g/mol. The molecular formula is C14H19F2NO. The van der Waals surface area contributed by atoms with Crippen LogP contribution in [0.3, 0.4) is 0 Å². The summed E-state index contributed by atoms with van der Waals surface area (Å²) >= 11 is 0. The number of carbonyl (C=O) groups excluding carboxylic acids is 1. The monoisotopic (exact) mass is 255 g/mol. The molecule has 0 saturated heterocycles. The van der Waals surface area contributed by atoms with E-state index in [1.807, 2.05) is 13.8 Å². The number of Topliss-reactive ketones (excluding diaryl/α,β-unsaturated/α-hetero) is 1. The van der Waals surface area contributed by atoms with E-state index < -0.39 is 11.6 Å². The smallest absolute Gasteiger partial charge is 0.169 e. The van der Waals surface area contributed by atoms with Gasteiger partial charge in [0.1, 0.15) is 11.6 Å². The summed E-state index contributed by atoms with van der Waals surface area (Å²) in [5.74, 6) is -1.94. The summed E-state index contributed by atoms with van der Waals surface area (Å²) < 4.78 is 26.5. The van der Waals surface area contributed by atoms with Crippen LogP contribution >= 0.6 is 0 Å². The van der Waals surface area contributed by atoms with Gasteiger partial charge in [-0.05, 0) is 31.3 Å². The van der Waals surface area contributed by atoms with Crippen LogP contribution in [0.1, 0.15) is 31.1 Å². The molecule has 1 aromatic rings. The van der Waals surface area contributed by atoms with Crippen LogP contribution in [0.5, 0.6) is 0 Å². The van der Waals surface area contributed by atoms with Gasteiger partial charge in [-0.2, -0.15) is 0 Å². The Labute approximate surface area is 107 Å². The Morgan fingerprint density at radius 2 is 1.89 bits per heavy atom. The molecule has 100 valence electrons. The van der Waals surface area contributed by atoms with Crippen molar-refractivity contribution in [3.8, 4) is 0 Å². The predicted octanol–water partition coefficient (Wildman–Crippen LogP) is 3.13. The number of rotatable bonds is 6. The molecule has 18 heavy (non-hydrogen) atoms. The van der Waals surface area contributed by atoms with Gasteiger partial charge in [-0.1, -0.05) is 20.8 Å². The molecule has 4 heteroatoms. The van der Waals surface area contributed by atoms with E-state index in [-0.39, 0.29) is 17.3 Å². The van der Waals surface area contributed by atoms with Gasteiger partial charge in [0.2, 0.25) is 0 Å².